The van der Waals surface area contributed by atoms with Crippen LogP contribution >= 0.6 is 27.3 Å². The van der Waals surface area contributed by atoms with Gasteiger partial charge in [0, 0.05) is 21.2 Å². The molecule has 1 aromatic heterocycles. The first-order valence-corrected chi connectivity index (χ1v) is 7.46. The Morgan fingerprint density at radius 3 is 2.65 bits per heavy atom. The minimum Gasteiger partial charge on any atom is -0.351 e. The second kappa shape index (κ2) is 6.01. The van der Waals surface area contributed by atoms with Gasteiger partial charge in [0.25, 0.3) is 0 Å². The highest BCUT2D eigenvalue weighted by molar-refractivity contribution is 9.10. The van der Waals surface area contributed by atoms with E-state index in [-0.39, 0.29) is 11.3 Å². The van der Waals surface area contributed by atoms with E-state index >= 15 is 0 Å². The summed E-state index contributed by atoms with van der Waals surface area (Å²) in [5, 5.41) is 4.99. The molecule has 17 heavy (non-hydrogen) atoms. The maximum atomic E-state index is 11.8. The lowest BCUT2D eigenvalue weighted by atomic mass is 9.80. The monoisotopic (exact) mass is 317 g/mol. The molecule has 0 aliphatic heterocycles. The van der Waals surface area contributed by atoms with Crippen molar-refractivity contribution < 1.29 is 4.79 Å². The predicted octanol–water partition coefficient (Wildman–Crippen LogP) is 4.20. The molecule has 1 unspecified atom stereocenters. The summed E-state index contributed by atoms with van der Waals surface area (Å²) in [5.74, 6) is 0.523. The largest absolute Gasteiger partial charge is 0.351 e. The lowest BCUT2D eigenvalue weighted by Crippen LogP contribution is -2.28. The van der Waals surface area contributed by atoms with E-state index in [0.29, 0.717) is 18.9 Å². The molecule has 1 atom stereocenters. The van der Waals surface area contributed by atoms with Gasteiger partial charge in [-0.15, -0.1) is 11.3 Å². The number of carbonyl (C=O) groups is 1. The number of halogens is 1. The van der Waals surface area contributed by atoms with Crippen LogP contribution in [-0.4, -0.2) is 5.91 Å². The van der Waals surface area contributed by atoms with Gasteiger partial charge in [0.2, 0.25) is 5.91 Å². The van der Waals surface area contributed by atoms with Gasteiger partial charge < -0.3 is 5.32 Å². The van der Waals surface area contributed by atoms with Crippen molar-refractivity contribution >= 4 is 33.2 Å². The van der Waals surface area contributed by atoms with Crippen LogP contribution in [0.25, 0.3) is 0 Å². The summed E-state index contributed by atoms with van der Waals surface area (Å²) >= 11 is 5.06. The first-order chi connectivity index (χ1) is 7.79. The van der Waals surface area contributed by atoms with Gasteiger partial charge in [-0.3, -0.25) is 4.79 Å². The molecule has 1 N–H and O–H groups in total. The summed E-state index contributed by atoms with van der Waals surface area (Å²) in [6, 6.07) is 2.04. The summed E-state index contributed by atoms with van der Waals surface area (Å²) < 4.78 is 1.08. The Labute approximate surface area is 116 Å². The zero-order chi connectivity index (χ0) is 13.1. The van der Waals surface area contributed by atoms with E-state index in [2.05, 4.69) is 48.9 Å². The van der Waals surface area contributed by atoms with Gasteiger partial charge in [0.15, 0.2) is 0 Å². The van der Waals surface area contributed by atoms with E-state index in [9.17, 15) is 4.79 Å². The molecule has 0 saturated carbocycles. The Kier molecular flexibility index (Phi) is 5.20. The fourth-order valence-corrected chi connectivity index (χ4v) is 2.68. The molecule has 1 heterocycles. The van der Waals surface area contributed by atoms with Gasteiger partial charge in [-0.25, -0.2) is 0 Å². The minimum atomic E-state index is 0.136. The van der Waals surface area contributed by atoms with Crippen LogP contribution < -0.4 is 5.32 Å². The average molecular weight is 318 g/mol. The number of hydrogen-bond donors (Lipinski definition) is 1. The highest BCUT2D eigenvalue weighted by Crippen LogP contribution is 2.27. The van der Waals surface area contributed by atoms with Crippen LogP contribution in [0.5, 0.6) is 0 Å². The van der Waals surface area contributed by atoms with E-state index in [1.54, 1.807) is 11.3 Å². The zero-order valence-corrected chi connectivity index (χ0v) is 13.2. The van der Waals surface area contributed by atoms with Crippen LogP contribution in [-0.2, 0) is 11.3 Å². The molecule has 0 saturated heterocycles. The van der Waals surface area contributed by atoms with Crippen LogP contribution in [0, 0.1) is 11.3 Å². The van der Waals surface area contributed by atoms with E-state index in [0.717, 1.165) is 4.47 Å². The van der Waals surface area contributed by atoms with Crippen molar-refractivity contribution in [2.45, 2.75) is 40.7 Å². The van der Waals surface area contributed by atoms with Gasteiger partial charge >= 0.3 is 0 Å². The normalized spacial score (nSPS) is 13.5. The van der Waals surface area contributed by atoms with Gasteiger partial charge in [0.05, 0.1) is 6.54 Å². The predicted molar refractivity (Wildman–Crippen MR) is 77.1 cm³/mol. The Morgan fingerprint density at radius 1 is 1.53 bits per heavy atom. The van der Waals surface area contributed by atoms with Crippen molar-refractivity contribution in [2.24, 2.45) is 11.3 Å². The SMILES string of the molecule is CC(CC(=O)NCc1cc(Br)cs1)C(C)(C)C. The second-order valence-corrected chi connectivity index (χ2v) is 7.39. The minimum absolute atomic E-state index is 0.136. The summed E-state index contributed by atoms with van der Waals surface area (Å²) in [7, 11) is 0. The molecule has 0 aromatic carbocycles. The smallest absolute Gasteiger partial charge is 0.220 e. The molecule has 0 aliphatic carbocycles. The number of amides is 1. The Hall–Kier alpha value is -0.350. The third-order valence-corrected chi connectivity index (χ3v) is 4.75. The van der Waals surface area contributed by atoms with E-state index in [4.69, 9.17) is 0 Å². The van der Waals surface area contributed by atoms with Crippen molar-refractivity contribution in [3.8, 4) is 0 Å². The Balaban J connectivity index is 2.36. The van der Waals surface area contributed by atoms with Crippen molar-refractivity contribution in [1.82, 2.24) is 5.32 Å². The number of carbonyl (C=O) groups excluding carboxylic acids is 1. The number of hydrogen-bond acceptors (Lipinski definition) is 2. The fourth-order valence-electron chi connectivity index (χ4n) is 1.29. The molecule has 0 spiro atoms. The quantitative estimate of drug-likeness (QED) is 0.886. The van der Waals surface area contributed by atoms with Crippen LogP contribution in [0.3, 0.4) is 0 Å². The summed E-state index contributed by atoms with van der Waals surface area (Å²) in [4.78, 5) is 12.9. The number of rotatable bonds is 4. The molecule has 1 rings (SSSR count). The second-order valence-electron chi connectivity index (χ2n) is 5.48. The molecular weight excluding hydrogens is 298 g/mol. The van der Waals surface area contributed by atoms with Crippen LogP contribution in [0.4, 0.5) is 0 Å². The Bertz CT molecular complexity index is 381. The van der Waals surface area contributed by atoms with Gasteiger partial charge in [0.1, 0.15) is 0 Å². The van der Waals surface area contributed by atoms with Gasteiger partial charge in [-0.2, -0.15) is 0 Å². The first kappa shape index (κ1) is 14.7. The van der Waals surface area contributed by atoms with Crippen LogP contribution in [0.2, 0.25) is 0 Å². The van der Waals surface area contributed by atoms with Gasteiger partial charge in [-0.05, 0) is 33.3 Å². The summed E-state index contributed by atoms with van der Waals surface area (Å²) in [6.07, 6.45) is 0.593. The van der Waals surface area contributed by atoms with E-state index < -0.39 is 0 Å². The average Bonchev–Trinajstić information content (AvgIpc) is 2.60. The number of thiophene rings is 1. The molecule has 96 valence electrons. The maximum Gasteiger partial charge on any atom is 0.220 e. The molecule has 0 aliphatic rings. The maximum absolute atomic E-state index is 11.8. The van der Waals surface area contributed by atoms with Crippen LogP contribution in [0.15, 0.2) is 15.9 Å². The molecule has 0 radical (unpaired) electrons. The molecular formula is C13H20BrNOS. The van der Waals surface area contributed by atoms with E-state index in [1.165, 1.54) is 4.88 Å². The van der Waals surface area contributed by atoms with Crippen molar-refractivity contribution in [2.75, 3.05) is 0 Å². The molecule has 4 heteroatoms. The van der Waals surface area contributed by atoms with Crippen molar-refractivity contribution in [1.29, 1.82) is 0 Å². The zero-order valence-electron chi connectivity index (χ0n) is 10.8. The van der Waals surface area contributed by atoms with Crippen molar-refractivity contribution in [3.05, 3.63) is 20.8 Å². The van der Waals surface area contributed by atoms with Crippen molar-refractivity contribution in [3.63, 3.8) is 0 Å². The highest BCUT2D eigenvalue weighted by atomic mass is 79.9. The summed E-state index contributed by atoms with van der Waals surface area (Å²) in [5.41, 5.74) is 0.184. The van der Waals surface area contributed by atoms with Crippen LogP contribution in [0.1, 0.15) is 39.0 Å². The standard InChI is InChI=1S/C13H20BrNOS/c1-9(13(2,3)4)5-12(16)15-7-11-6-10(14)8-17-11/h6,8-9H,5,7H2,1-4H3,(H,15,16). The Morgan fingerprint density at radius 2 is 2.18 bits per heavy atom. The summed E-state index contributed by atoms with van der Waals surface area (Å²) in [6.45, 7) is 9.26. The molecule has 0 bridgehead atoms. The molecule has 1 aromatic rings. The molecule has 2 nitrogen and oxygen atoms in total. The number of nitrogens with one attached hydrogen (secondary N) is 1. The topological polar surface area (TPSA) is 29.1 Å². The third-order valence-electron chi connectivity index (χ3n) is 3.05. The fraction of sp³-hybridized carbons (Fsp3) is 0.615. The molecule has 0 fully saturated rings. The lowest BCUT2D eigenvalue weighted by molar-refractivity contribution is -0.122. The molecule has 1 amide bonds. The highest BCUT2D eigenvalue weighted by Gasteiger charge is 2.22. The van der Waals surface area contributed by atoms with E-state index in [1.807, 2.05) is 11.4 Å². The lowest BCUT2D eigenvalue weighted by Gasteiger charge is -2.26. The third kappa shape index (κ3) is 5.21. The van der Waals surface area contributed by atoms with Gasteiger partial charge in [-0.1, -0.05) is 27.7 Å². The first-order valence-electron chi connectivity index (χ1n) is 5.78.